The minimum absolute atomic E-state index is 0.239. The first kappa shape index (κ1) is 14.5. The Morgan fingerprint density at radius 1 is 1.50 bits per heavy atom. The van der Waals surface area contributed by atoms with Crippen molar-refractivity contribution in [2.24, 2.45) is 5.92 Å². The van der Waals surface area contributed by atoms with E-state index in [2.05, 4.69) is 34.8 Å². The van der Waals surface area contributed by atoms with Crippen molar-refractivity contribution in [3.63, 3.8) is 0 Å². The molecule has 3 nitrogen and oxygen atoms in total. The molecule has 1 aliphatic heterocycles. The molecule has 0 spiro atoms. The average Bonchev–Trinajstić information content (AvgIpc) is 2.58. The van der Waals surface area contributed by atoms with Gasteiger partial charge in [0.25, 0.3) is 0 Å². The Bertz CT molecular complexity index is 305. The summed E-state index contributed by atoms with van der Waals surface area (Å²) in [6.45, 7) is 3.19. The Kier molecular flexibility index (Phi) is 5.74. The molecule has 0 aromatic rings. The van der Waals surface area contributed by atoms with E-state index in [0.717, 1.165) is 18.3 Å². The van der Waals surface area contributed by atoms with E-state index in [4.69, 9.17) is 0 Å². The highest BCUT2D eigenvalue weighted by molar-refractivity contribution is 9.09. The smallest absolute Gasteiger partial charge is 0.151 e. The van der Waals surface area contributed by atoms with Crippen LogP contribution in [0.4, 0.5) is 0 Å². The van der Waals surface area contributed by atoms with E-state index in [1.54, 1.807) is 0 Å². The zero-order valence-corrected chi connectivity index (χ0v) is 12.6. The van der Waals surface area contributed by atoms with Gasteiger partial charge in [0.15, 0.2) is 9.84 Å². The maximum absolute atomic E-state index is 11.4. The van der Waals surface area contributed by atoms with Crippen molar-refractivity contribution < 1.29 is 8.42 Å². The molecule has 0 amide bonds. The van der Waals surface area contributed by atoms with Gasteiger partial charge in [0.05, 0.1) is 11.5 Å². The topological polar surface area (TPSA) is 37.4 Å². The van der Waals surface area contributed by atoms with E-state index >= 15 is 0 Å². The van der Waals surface area contributed by atoms with E-state index in [0.29, 0.717) is 17.4 Å². The maximum atomic E-state index is 11.4. The van der Waals surface area contributed by atoms with Crippen molar-refractivity contribution in [1.82, 2.24) is 4.90 Å². The lowest BCUT2D eigenvalue weighted by Gasteiger charge is -2.27. The molecule has 5 heteroatoms. The van der Waals surface area contributed by atoms with Crippen molar-refractivity contribution in [2.75, 3.05) is 30.4 Å². The summed E-state index contributed by atoms with van der Waals surface area (Å²) >= 11 is 3.53. The normalized spacial score (nSPS) is 26.1. The number of rotatable bonds is 6. The van der Waals surface area contributed by atoms with Crippen molar-refractivity contribution in [3.05, 3.63) is 0 Å². The molecule has 0 bridgehead atoms. The first-order valence-corrected chi connectivity index (χ1v) is 8.89. The van der Waals surface area contributed by atoms with Crippen molar-refractivity contribution >= 4 is 25.8 Å². The molecule has 1 aliphatic rings. The minimum Gasteiger partial charge on any atom is -0.302 e. The second-order valence-corrected chi connectivity index (χ2v) is 7.68. The molecule has 0 aromatic heterocycles. The Balaban J connectivity index is 2.43. The lowest BCUT2D eigenvalue weighted by molar-refractivity contribution is 0.224. The Morgan fingerprint density at radius 2 is 2.19 bits per heavy atom. The van der Waals surface area contributed by atoms with Gasteiger partial charge in [0.2, 0.25) is 0 Å². The molecule has 0 radical (unpaired) electrons. The van der Waals surface area contributed by atoms with Crippen molar-refractivity contribution in [2.45, 2.75) is 32.2 Å². The fourth-order valence-corrected chi connectivity index (χ4v) is 4.64. The summed E-state index contributed by atoms with van der Waals surface area (Å²) in [5.74, 6) is 1.36. The summed E-state index contributed by atoms with van der Waals surface area (Å²) in [4.78, 5) is 2.23. The molecule has 0 aliphatic carbocycles. The van der Waals surface area contributed by atoms with Crippen LogP contribution in [-0.4, -0.2) is 49.8 Å². The van der Waals surface area contributed by atoms with Gasteiger partial charge in [-0.3, -0.25) is 0 Å². The van der Waals surface area contributed by atoms with Gasteiger partial charge in [-0.25, -0.2) is 8.42 Å². The monoisotopic (exact) mass is 311 g/mol. The maximum Gasteiger partial charge on any atom is 0.151 e. The zero-order chi connectivity index (χ0) is 12.2. The average molecular weight is 312 g/mol. The molecule has 96 valence electrons. The number of nitrogens with zero attached hydrogens (tertiary/aromatic N) is 1. The predicted octanol–water partition coefficient (Wildman–Crippen LogP) is 1.92. The van der Waals surface area contributed by atoms with Gasteiger partial charge in [-0.2, -0.15) is 0 Å². The second-order valence-electron chi connectivity index (χ2n) is 4.81. The van der Waals surface area contributed by atoms with Crippen LogP contribution in [0, 0.1) is 5.92 Å². The van der Waals surface area contributed by atoms with Crippen LogP contribution in [0.25, 0.3) is 0 Å². The lowest BCUT2D eigenvalue weighted by atomic mass is 10.0. The zero-order valence-electron chi connectivity index (χ0n) is 10.2. The Hall–Kier alpha value is 0.390. The highest BCUT2D eigenvalue weighted by atomic mass is 79.9. The third-order valence-corrected chi connectivity index (χ3v) is 5.96. The van der Waals surface area contributed by atoms with Crippen LogP contribution in [0.5, 0.6) is 0 Å². The molecule has 2 atom stereocenters. The molecule has 1 rings (SSSR count). The van der Waals surface area contributed by atoms with Gasteiger partial charge in [-0.05, 0) is 25.8 Å². The summed E-state index contributed by atoms with van der Waals surface area (Å²) < 4.78 is 22.8. The first-order valence-electron chi connectivity index (χ1n) is 5.95. The molecule has 0 saturated carbocycles. The predicted molar refractivity (Wildman–Crippen MR) is 71.9 cm³/mol. The summed E-state index contributed by atoms with van der Waals surface area (Å²) in [7, 11) is -0.696. The SMILES string of the molecule is CCCC(CBr)CN(C)C1CCS(=O)(=O)C1. The van der Waals surface area contributed by atoms with E-state index in [9.17, 15) is 8.42 Å². The van der Waals surface area contributed by atoms with Crippen molar-refractivity contribution in [3.8, 4) is 0 Å². The van der Waals surface area contributed by atoms with E-state index in [1.807, 2.05) is 0 Å². The van der Waals surface area contributed by atoms with E-state index in [-0.39, 0.29) is 6.04 Å². The van der Waals surface area contributed by atoms with Crippen LogP contribution >= 0.6 is 15.9 Å². The fraction of sp³-hybridized carbons (Fsp3) is 1.00. The van der Waals surface area contributed by atoms with Gasteiger partial charge in [0.1, 0.15) is 0 Å². The number of sulfone groups is 1. The van der Waals surface area contributed by atoms with Gasteiger partial charge in [0, 0.05) is 17.9 Å². The molecule has 1 fully saturated rings. The lowest BCUT2D eigenvalue weighted by Crippen LogP contribution is -2.36. The highest BCUT2D eigenvalue weighted by Gasteiger charge is 2.31. The molecular weight excluding hydrogens is 290 g/mol. The Morgan fingerprint density at radius 3 is 2.62 bits per heavy atom. The molecule has 2 unspecified atom stereocenters. The summed E-state index contributed by atoms with van der Waals surface area (Å²) in [6.07, 6.45) is 3.20. The van der Waals surface area contributed by atoms with Crippen molar-refractivity contribution in [1.29, 1.82) is 0 Å². The number of hydrogen-bond donors (Lipinski definition) is 0. The molecule has 1 heterocycles. The minimum atomic E-state index is -2.75. The second kappa shape index (κ2) is 6.36. The highest BCUT2D eigenvalue weighted by Crippen LogP contribution is 2.19. The van der Waals surface area contributed by atoms with Crippen LogP contribution in [0.1, 0.15) is 26.2 Å². The molecule has 0 aromatic carbocycles. The number of halogens is 1. The van der Waals surface area contributed by atoms with Gasteiger partial charge >= 0.3 is 0 Å². The van der Waals surface area contributed by atoms with Gasteiger partial charge in [-0.15, -0.1) is 0 Å². The molecule has 0 N–H and O–H groups in total. The third kappa shape index (κ3) is 4.34. The van der Waals surface area contributed by atoms with Crippen LogP contribution in [0.2, 0.25) is 0 Å². The van der Waals surface area contributed by atoms with Crippen LogP contribution in [0.3, 0.4) is 0 Å². The standard InChI is InChI=1S/C11H22BrNO2S/c1-3-4-10(7-12)8-13(2)11-5-6-16(14,15)9-11/h10-11H,3-9H2,1-2H3. The quantitative estimate of drug-likeness (QED) is 0.703. The summed E-state index contributed by atoms with van der Waals surface area (Å²) in [5, 5.41) is 1.00. The molecule has 16 heavy (non-hydrogen) atoms. The van der Waals surface area contributed by atoms with Crippen LogP contribution < -0.4 is 0 Å². The van der Waals surface area contributed by atoms with E-state index in [1.165, 1.54) is 12.8 Å². The fourth-order valence-electron chi connectivity index (χ4n) is 2.30. The summed E-state index contributed by atoms with van der Waals surface area (Å²) in [6, 6.07) is 0.239. The summed E-state index contributed by atoms with van der Waals surface area (Å²) in [5.41, 5.74) is 0. The number of alkyl halides is 1. The van der Waals surface area contributed by atoms with E-state index < -0.39 is 9.84 Å². The van der Waals surface area contributed by atoms with Gasteiger partial charge in [-0.1, -0.05) is 29.3 Å². The number of hydrogen-bond acceptors (Lipinski definition) is 3. The molecular formula is C11H22BrNO2S. The third-order valence-electron chi connectivity index (χ3n) is 3.29. The Labute approximate surface area is 108 Å². The largest absolute Gasteiger partial charge is 0.302 e. The van der Waals surface area contributed by atoms with Gasteiger partial charge < -0.3 is 4.90 Å². The van der Waals surface area contributed by atoms with Crippen LogP contribution in [0.15, 0.2) is 0 Å². The molecule has 1 saturated heterocycles. The first-order chi connectivity index (χ1) is 7.48. The van der Waals surface area contributed by atoms with Crippen LogP contribution in [-0.2, 0) is 9.84 Å².